The summed E-state index contributed by atoms with van der Waals surface area (Å²) in [6, 6.07) is 6.52. The minimum Gasteiger partial charge on any atom is -0.445 e. The zero-order valence-corrected chi connectivity index (χ0v) is 19.0. The van der Waals surface area contributed by atoms with Crippen molar-refractivity contribution in [2.45, 2.75) is 52.9 Å². The highest BCUT2D eigenvalue weighted by Gasteiger charge is 2.57. The summed E-state index contributed by atoms with van der Waals surface area (Å²) in [5.74, 6) is -2.31. The molecule has 2 amide bonds. The van der Waals surface area contributed by atoms with Gasteiger partial charge in [0.05, 0.1) is 23.5 Å². The van der Waals surface area contributed by atoms with Crippen LogP contribution in [0.15, 0.2) is 30.0 Å². The van der Waals surface area contributed by atoms with E-state index < -0.39 is 42.3 Å². The van der Waals surface area contributed by atoms with Gasteiger partial charge in [0.25, 0.3) is 0 Å². The highest BCUT2D eigenvalue weighted by molar-refractivity contribution is 6.06. The van der Waals surface area contributed by atoms with Gasteiger partial charge in [0, 0.05) is 0 Å². The fourth-order valence-corrected chi connectivity index (χ4v) is 3.89. The van der Waals surface area contributed by atoms with Gasteiger partial charge in [0.2, 0.25) is 12.7 Å². The molecular formula is C23H28N2O8. The van der Waals surface area contributed by atoms with Gasteiger partial charge in [-0.1, -0.05) is 24.3 Å². The molecule has 3 rings (SSSR count). The highest BCUT2D eigenvalue weighted by Crippen LogP contribution is 2.47. The summed E-state index contributed by atoms with van der Waals surface area (Å²) in [7, 11) is 0. The van der Waals surface area contributed by atoms with Crippen molar-refractivity contribution in [1.82, 2.24) is 4.90 Å². The van der Waals surface area contributed by atoms with Crippen LogP contribution in [-0.4, -0.2) is 52.9 Å². The maximum atomic E-state index is 12.9. The van der Waals surface area contributed by atoms with Crippen LogP contribution in [0.25, 0.3) is 5.57 Å². The van der Waals surface area contributed by atoms with E-state index in [4.69, 9.17) is 19.9 Å². The summed E-state index contributed by atoms with van der Waals surface area (Å²) in [5.41, 5.74) is 6.22. The molecule has 0 radical (unpaired) electrons. The van der Waals surface area contributed by atoms with Crippen molar-refractivity contribution in [2.24, 2.45) is 17.1 Å². The first kappa shape index (κ1) is 24.2. The third-order valence-electron chi connectivity index (χ3n) is 5.60. The van der Waals surface area contributed by atoms with Crippen molar-refractivity contribution >= 4 is 29.5 Å². The predicted octanol–water partition coefficient (Wildman–Crippen LogP) is 1.69. The molecule has 178 valence electrons. The van der Waals surface area contributed by atoms with E-state index in [-0.39, 0.29) is 24.3 Å². The lowest BCUT2D eigenvalue weighted by Crippen LogP contribution is -2.61. The fraction of sp³-hybridized carbons (Fsp3) is 0.478. The lowest BCUT2D eigenvalue weighted by molar-refractivity contribution is -0.175. The van der Waals surface area contributed by atoms with Crippen LogP contribution in [0.2, 0.25) is 0 Å². The van der Waals surface area contributed by atoms with Gasteiger partial charge in [-0.15, -0.1) is 0 Å². The van der Waals surface area contributed by atoms with Gasteiger partial charge >= 0.3 is 18.0 Å². The molecule has 10 nitrogen and oxygen atoms in total. The van der Waals surface area contributed by atoms with Crippen LogP contribution in [0.3, 0.4) is 0 Å². The van der Waals surface area contributed by atoms with Gasteiger partial charge in [-0.25, -0.2) is 9.59 Å². The van der Waals surface area contributed by atoms with Gasteiger partial charge in [0.15, 0.2) is 0 Å². The smallest absolute Gasteiger partial charge is 0.404 e. The second-order valence-electron chi connectivity index (χ2n) is 9.11. The normalized spacial score (nSPS) is 20.6. The van der Waals surface area contributed by atoms with Gasteiger partial charge in [-0.05, 0) is 50.8 Å². The number of aliphatic hydroxyl groups is 1. The standard InChI is InChI=1S/C23H28N2O8/c1-12(26)17-16-9-15(14-7-5-13(6-8-14)10-31-22(24)30)18(25(16)19(17)27)20(28)32-11-33-21(29)23(2,3)4/h5-8,12,16-17,26H,9-11H2,1-4H3,(H2,24,30)/t12-,16-,17-/m1/s1. The number of hydrogen-bond donors (Lipinski definition) is 2. The molecule has 1 saturated heterocycles. The number of ether oxygens (including phenoxy) is 3. The molecule has 0 aromatic heterocycles. The number of aliphatic hydroxyl groups excluding tert-OH is 1. The molecule has 2 heterocycles. The summed E-state index contributed by atoms with van der Waals surface area (Å²) in [6.45, 7) is 5.97. The van der Waals surface area contributed by atoms with E-state index in [1.165, 1.54) is 11.8 Å². The molecule has 0 unspecified atom stereocenters. The Bertz CT molecular complexity index is 991. The van der Waals surface area contributed by atoms with E-state index >= 15 is 0 Å². The maximum Gasteiger partial charge on any atom is 0.404 e. The zero-order valence-electron chi connectivity index (χ0n) is 19.0. The van der Waals surface area contributed by atoms with E-state index in [0.29, 0.717) is 23.1 Å². The molecule has 2 aliphatic rings. The molecule has 1 fully saturated rings. The van der Waals surface area contributed by atoms with Crippen LogP contribution in [0.4, 0.5) is 4.79 Å². The molecule has 1 aromatic carbocycles. The average molecular weight is 460 g/mol. The Morgan fingerprint density at radius 2 is 1.79 bits per heavy atom. The number of carbonyl (C=O) groups is 4. The number of fused-ring (bicyclic) bond motifs is 1. The topological polar surface area (TPSA) is 145 Å². The Morgan fingerprint density at radius 1 is 1.15 bits per heavy atom. The first-order valence-corrected chi connectivity index (χ1v) is 10.5. The van der Waals surface area contributed by atoms with E-state index in [1.54, 1.807) is 45.0 Å². The van der Waals surface area contributed by atoms with E-state index in [1.807, 2.05) is 0 Å². The number of rotatable bonds is 7. The van der Waals surface area contributed by atoms with E-state index in [2.05, 4.69) is 0 Å². The largest absolute Gasteiger partial charge is 0.445 e. The number of β-lactam (4-membered cyclic amide) rings is 1. The summed E-state index contributed by atoms with van der Waals surface area (Å²) < 4.78 is 14.9. The van der Waals surface area contributed by atoms with E-state index in [0.717, 1.165) is 0 Å². The predicted molar refractivity (Wildman–Crippen MR) is 115 cm³/mol. The van der Waals surface area contributed by atoms with Gasteiger partial charge in [-0.3, -0.25) is 9.59 Å². The molecule has 3 N–H and O–H groups in total. The summed E-state index contributed by atoms with van der Waals surface area (Å²) >= 11 is 0. The van der Waals surface area contributed by atoms with Crippen LogP contribution in [-0.2, 0) is 35.2 Å². The van der Waals surface area contributed by atoms with Crippen molar-refractivity contribution in [1.29, 1.82) is 0 Å². The minimum atomic E-state index is -0.887. The van der Waals surface area contributed by atoms with Crippen LogP contribution < -0.4 is 5.73 Å². The summed E-state index contributed by atoms with van der Waals surface area (Å²) in [4.78, 5) is 49.6. The van der Waals surface area contributed by atoms with Gasteiger partial charge in [0.1, 0.15) is 12.3 Å². The second kappa shape index (κ2) is 9.22. The SMILES string of the molecule is C[C@@H](O)[C@H]1C(=O)N2C(C(=O)OCOC(=O)C(C)(C)C)=C(c3ccc(COC(N)=O)cc3)C[C@H]12. The van der Waals surface area contributed by atoms with E-state index in [9.17, 15) is 24.3 Å². The molecule has 33 heavy (non-hydrogen) atoms. The van der Waals surface area contributed by atoms with Gasteiger partial charge < -0.3 is 30.0 Å². The number of nitrogens with two attached hydrogens (primary N) is 1. The lowest BCUT2D eigenvalue weighted by Gasteiger charge is -2.44. The molecule has 1 aromatic rings. The highest BCUT2D eigenvalue weighted by atomic mass is 16.7. The number of benzene rings is 1. The molecule has 2 aliphatic heterocycles. The van der Waals surface area contributed by atoms with Crippen LogP contribution in [0.1, 0.15) is 45.2 Å². The molecule has 0 aliphatic carbocycles. The molecule has 10 heteroatoms. The Balaban J connectivity index is 1.82. The summed E-state index contributed by atoms with van der Waals surface area (Å²) in [6.07, 6.45) is -1.40. The molecule has 0 spiro atoms. The third-order valence-corrected chi connectivity index (χ3v) is 5.60. The van der Waals surface area contributed by atoms with Crippen molar-refractivity contribution in [3.8, 4) is 0 Å². The van der Waals surface area contributed by atoms with Crippen LogP contribution >= 0.6 is 0 Å². The monoisotopic (exact) mass is 460 g/mol. The lowest BCUT2D eigenvalue weighted by atomic mass is 9.82. The van der Waals surface area contributed by atoms with Crippen molar-refractivity contribution in [3.05, 3.63) is 41.1 Å². The number of nitrogens with zero attached hydrogens (tertiary/aromatic N) is 1. The molecule has 3 atom stereocenters. The third kappa shape index (κ3) is 5.00. The zero-order chi connectivity index (χ0) is 24.5. The number of esters is 2. The maximum absolute atomic E-state index is 12.9. The summed E-state index contributed by atoms with van der Waals surface area (Å²) in [5, 5.41) is 10.00. The Morgan fingerprint density at radius 3 is 2.33 bits per heavy atom. The van der Waals surface area contributed by atoms with Crippen LogP contribution in [0.5, 0.6) is 0 Å². The first-order valence-electron chi connectivity index (χ1n) is 10.5. The molecular weight excluding hydrogens is 432 g/mol. The first-order chi connectivity index (χ1) is 15.4. The Hall–Kier alpha value is -3.40. The van der Waals surface area contributed by atoms with Crippen molar-refractivity contribution < 1.29 is 38.5 Å². The van der Waals surface area contributed by atoms with Crippen molar-refractivity contribution in [2.75, 3.05) is 6.79 Å². The van der Waals surface area contributed by atoms with Crippen LogP contribution in [0, 0.1) is 11.3 Å². The average Bonchev–Trinajstić information content (AvgIpc) is 3.06. The number of primary amides is 1. The quantitative estimate of drug-likeness (QED) is 0.355. The van der Waals surface area contributed by atoms with Crippen molar-refractivity contribution in [3.63, 3.8) is 0 Å². The number of carbonyl (C=O) groups excluding carboxylic acids is 4. The molecule has 0 saturated carbocycles. The minimum absolute atomic E-state index is 0.0000408. The number of amides is 2. The van der Waals surface area contributed by atoms with Gasteiger partial charge in [-0.2, -0.15) is 0 Å². The Labute approximate surface area is 191 Å². The Kier molecular flexibility index (Phi) is 6.78. The second-order valence-corrected chi connectivity index (χ2v) is 9.11. The fourth-order valence-electron chi connectivity index (χ4n) is 3.89. The number of hydrogen-bond acceptors (Lipinski definition) is 8. The molecule has 0 bridgehead atoms.